The summed E-state index contributed by atoms with van der Waals surface area (Å²) in [6, 6.07) is 4.40. The van der Waals surface area contributed by atoms with Crippen molar-refractivity contribution in [1.29, 1.82) is 5.26 Å². The molecule has 12 heteroatoms. The number of nitriles is 1. The first-order valence-electron chi connectivity index (χ1n) is 9.04. The van der Waals surface area contributed by atoms with Gasteiger partial charge >= 0.3 is 6.36 Å². The average molecular weight is 458 g/mol. The van der Waals surface area contributed by atoms with Crippen LogP contribution in [0.15, 0.2) is 24.5 Å². The van der Waals surface area contributed by atoms with E-state index in [9.17, 15) is 22.4 Å². The molecule has 31 heavy (non-hydrogen) atoms. The van der Waals surface area contributed by atoms with Gasteiger partial charge in [-0.1, -0.05) is 17.7 Å². The Morgan fingerprint density at radius 3 is 2.74 bits per heavy atom. The minimum absolute atomic E-state index is 0.110. The first kappa shape index (κ1) is 22.7. The number of ether oxygens (including phenoxy) is 1. The molecule has 1 saturated heterocycles. The minimum atomic E-state index is -4.79. The molecular formula is C19H16ClF4N5O2. The zero-order chi connectivity index (χ0) is 22.9. The van der Waals surface area contributed by atoms with Gasteiger partial charge in [-0.3, -0.25) is 9.53 Å². The number of nitrogens with one attached hydrogen (secondary N) is 1. The van der Waals surface area contributed by atoms with Crippen LogP contribution in [0.3, 0.4) is 0 Å². The summed E-state index contributed by atoms with van der Waals surface area (Å²) in [5.41, 5.74) is 0.310. The van der Waals surface area contributed by atoms with E-state index in [-0.39, 0.29) is 34.2 Å². The number of rotatable bonds is 5. The van der Waals surface area contributed by atoms with Crippen molar-refractivity contribution in [3.63, 3.8) is 0 Å². The third-order valence-corrected chi connectivity index (χ3v) is 5.18. The Hall–Kier alpha value is -2.97. The van der Waals surface area contributed by atoms with Crippen molar-refractivity contribution in [2.45, 2.75) is 38.4 Å². The Bertz CT molecular complexity index is 1040. The molecule has 2 heterocycles. The summed E-state index contributed by atoms with van der Waals surface area (Å²) < 4.78 is 56.0. The maximum Gasteiger partial charge on any atom is 0.522 e. The van der Waals surface area contributed by atoms with Crippen LogP contribution in [0, 0.1) is 17.1 Å². The number of nitrogens with zero attached hydrogens (tertiary/aromatic N) is 4. The number of aromatic nitrogens is 2. The van der Waals surface area contributed by atoms with E-state index < -0.39 is 36.3 Å². The summed E-state index contributed by atoms with van der Waals surface area (Å²) >= 11 is 5.89. The Balaban J connectivity index is 1.73. The smallest absolute Gasteiger partial charge is 0.356 e. The van der Waals surface area contributed by atoms with E-state index in [1.807, 2.05) is 6.07 Å². The van der Waals surface area contributed by atoms with Crippen molar-refractivity contribution >= 4 is 23.3 Å². The second kappa shape index (κ2) is 8.64. The first-order valence-corrected chi connectivity index (χ1v) is 9.41. The monoisotopic (exact) mass is 457 g/mol. The number of anilines is 1. The van der Waals surface area contributed by atoms with E-state index in [0.29, 0.717) is 0 Å². The quantitative estimate of drug-likeness (QED) is 0.688. The number of carbonyl (C=O) groups is 1. The lowest BCUT2D eigenvalue weighted by molar-refractivity contribution is -0.359. The number of halogens is 5. The van der Waals surface area contributed by atoms with Crippen LogP contribution < -0.4 is 5.32 Å². The second-order valence-electron chi connectivity index (χ2n) is 6.89. The van der Waals surface area contributed by atoms with E-state index in [0.717, 1.165) is 6.33 Å². The van der Waals surface area contributed by atoms with Crippen LogP contribution in [-0.4, -0.2) is 51.9 Å². The number of hydrogen-bond acceptors (Lipinski definition) is 6. The lowest BCUT2D eigenvalue weighted by Crippen LogP contribution is -2.65. The zero-order valence-corrected chi connectivity index (χ0v) is 17.0. The van der Waals surface area contributed by atoms with Gasteiger partial charge in [0.2, 0.25) is 5.91 Å². The highest BCUT2D eigenvalue weighted by molar-refractivity contribution is 6.31. The first-order chi connectivity index (χ1) is 14.5. The van der Waals surface area contributed by atoms with Crippen LogP contribution in [0.25, 0.3) is 11.3 Å². The van der Waals surface area contributed by atoms with Crippen LogP contribution in [0.2, 0.25) is 5.02 Å². The third kappa shape index (κ3) is 4.86. The maximum absolute atomic E-state index is 15.0. The van der Waals surface area contributed by atoms with Crippen LogP contribution in [0.5, 0.6) is 0 Å². The largest absolute Gasteiger partial charge is 0.522 e. The summed E-state index contributed by atoms with van der Waals surface area (Å²) in [6.45, 7) is 2.64. The van der Waals surface area contributed by atoms with Crippen molar-refractivity contribution in [1.82, 2.24) is 14.9 Å². The van der Waals surface area contributed by atoms with E-state index in [1.165, 1.54) is 36.9 Å². The molecule has 164 valence electrons. The molecule has 1 aromatic carbocycles. The molecule has 0 saturated carbocycles. The minimum Gasteiger partial charge on any atom is -0.356 e. The van der Waals surface area contributed by atoms with Gasteiger partial charge in [0.1, 0.15) is 30.2 Å². The SMILES string of the molecule is C[C@@H](Nc1ncnc(-c2ccc(Cl)c(C#N)c2)c1F)C(=O)N1C[C@H](OC(F)(F)F)[C@@H]1C. The van der Waals surface area contributed by atoms with Crippen LogP contribution in [0.4, 0.5) is 23.4 Å². The highest BCUT2D eigenvalue weighted by Gasteiger charge is 2.46. The molecule has 0 aliphatic carbocycles. The third-order valence-electron chi connectivity index (χ3n) is 4.85. The van der Waals surface area contributed by atoms with E-state index in [4.69, 9.17) is 16.9 Å². The summed E-state index contributed by atoms with van der Waals surface area (Å²) in [5.74, 6) is -1.66. The molecule has 1 aliphatic rings. The standard InChI is InChI=1S/C19H16ClF4N5O2/c1-9(18(30)29-7-14(10(29)2)31-19(22,23)24)28-17-15(21)16(26-8-27-17)11-3-4-13(20)12(5-11)6-25/h3-5,8-10,14H,7H2,1-2H3,(H,26,27,28)/t9-,10+,14+/m1/s1. The molecule has 0 bridgehead atoms. The van der Waals surface area contributed by atoms with Crippen molar-refractivity contribution < 1.29 is 27.1 Å². The highest BCUT2D eigenvalue weighted by Crippen LogP contribution is 2.30. The number of hydrogen-bond donors (Lipinski definition) is 1. The predicted molar refractivity (Wildman–Crippen MR) is 102 cm³/mol. The zero-order valence-electron chi connectivity index (χ0n) is 16.2. The lowest BCUT2D eigenvalue weighted by Gasteiger charge is -2.46. The molecular weight excluding hydrogens is 442 g/mol. The van der Waals surface area contributed by atoms with Gasteiger partial charge in [0.05, 0.1) is 16.6 Å². The molecule has 3 rings (SSSR count). The Morgan fingerprint density at radius 1 is 1.42 bits per heavy atom. The van der Waals surface area contributed by atoms with E-state index in [2.05, 4.69) is 20.0 Å². The molecule has 1 aliphatic heterocycles. The van der Waals surface area contributed by atoms with Crippen LogP contribution in [0.1, 0.15) is 19.4 Å². The Kier molecular flexibility index (Phi) is 6.33. The predicted octanol–water partition coefficient (Wildman–Crippen LogP) is 3.74. The number of carbonyl (C=O) groups excluding carboxylic acids is 1. The van der Waals surface area contributed by atoms with Crippen molar-refractivity contribution in [2.75, 3.05) is 11.9 Å². The van der Waals surface area contributed by atoms with E-state index in [1.54, 1.807) is 0 Å². The summed E-state index contributed by atoms with van der Waals surface area (Å²) in [6.07, 6.45) is -4.86. The average Bonchev–Trinajstić information content (AvgIpc) is 2.71. The normalized spacial score (nSPS) is 19.4. The Labute approximate surface area is 179 Å². The molecule has 1 aromatic heterocycles. The molecule has 0 unspecified atom stereocenters. The maximum atomic E-state index is 15.0. The van der Waals surface area contributed by atoms with Crippen LogP contribution >= 0.6 is 11.6 Å². The topological polar surface area (TPSA) is 91.1 Å². The van der Waals surface area contributed by atoms with Crippen molar-refractivity contribution in [3.05, 3.63) is 40.9 Å². The number of benzene rings is 1. The number of amides is 1. The molecule has 1 amide bonds. The fraction of sp³-hybridized carbons (Fsp3) is 0.368. The van der Waals surface area contributed by atoms with E-state index >= 15 is 0 Å². The van der Waals surface area contributed by atoms with Gasteiger partial charge in [0, 0.05) is 12.1 Å². The second-order valence-corrected chi connectivity index (χ2v) is 7.30. The van der Waals surface area contributed by atoms with Gasteiger partial charge < -0.3 is 10.2 Å². The van der Waals surface area contributed by atoms with Gasteiger partial charge in [-0.2, -0.15) is 5.26 Å². The van der Waals surface area contributed by atoms with Gasteiger partial charge in [0.15, 0.2) is 11.6 Å². The summed E-state index contributed by atoms with van der Waals surface area (Å²) in [4.78, 5) is 21.4. The fourth-order valence-corrected chi connectivity index (χ4v) is 3.28. The molecule has 2 aromatic rings. The molecule has 1 fully saturated rings. The molecule has 1 N–H and O–H groups in total. The molecule has 0 spiro atoms. The van der Waals surface area contributed by atoms with Gasteiger partial charge in [0.25, 0.3) is 0 Å². The molecule has 7 nitrogen and oxygen atoms in total. The highest BCUT2D eigenvalue weighted by atomic mass is 35.5. The molecule has 0 radical (unpaired) electrons. The molecule has 3 atom stereocenters. The van der Waals surface area contributed by atoms with Crippen molar-refractivity contribution in [2.24, 2.45) is 0 Å². The number of alkyl halides is 3. The Morgan fingerprint density at radius 2 is 2.13 bits per heavy atom. The van der Waals surface area contributed by atoms with Crippen molar-refractivity contribution in [3.8, 4) is 17.3 Å². The summed E-state index contributed by atoms with van der Waals surface area (Å²) in [7, 11) is 0. The number of likely N-dealkylation sites (tertiary alicyclic amines) is 1. The van der Waals surface area contributed by atoms with Crippen LogP contribution in [-0.2, 0) is 9.53 Å². The summed E-state index contributed by atoms with van der Waals surface area (Å²) in [5, 5.41) is 11.9. The fourth-order valence-electron chi connectivity index (χ4n) is 3.12. The van der Waals surface area contributed by atoms with Gasteiger partial charge in [-0.15, -0.1) is 13.2 Å². The van der Waals surface area contributed by atoms with Gasteiger partial charge in [-0.05, 0) is 26.0 Å². The van der Waals surface area contributed by atoms with Gasteiger partial charge in [-0.25, -0.2) is 14.4 Å². The lowest BCUT2D eigenvalue weighted by atomic mass is 10.00.